The normalized spacial score (nSPS) is 15.5. The molecule has 1 fully saturated rings. The fourth-order valence-electron chi connectivity index (χ4n) is 4.34. The average molecular weight is 443 g/mol. The number of unbranched alkanes of at least 4 members (excludes halogenated alkanes) is 1. The second kappa shape index (κ2) is 7.54. The predicted octanol–water partition coefficient (Wildman–Crippen LogP) is 0.384. The summed E-state index contributed by atoms with van der Waals surface area (Å²) in [4.78, 5) is 28.6. The maximum Gasteiger partial charge on any atom is 0.431 e. The van der Waals surface area contributed by atoms with Gasteiger partial charge in [0, 0.05) is 55.3 Å². The van der Waals surface area contributed by atoms with Gasteiger partial charge < -0.3 is 4.90 Å². The standard InChI is InChI=1S/C22H23N10O/c1-3-4-8-30-18-9-17(26-19(18)20(33)32-14(2)27-28-22(30)32)15-10-25-31(11-15)16-12-29(13-16)21-23-6-5-7-24-21/h5-7,9-11,16H,3-4,8,12-13H2,1-2H3/q+1. The Morgan fingerprint density at radius 3 is 2.79 bits per heavy atom. The van der Waals surface area contributed by atoms with E-state index in [1.807, 2.05) is 33.8 Å². The van der Waals surface area contributed by atoms with Crippen molar-refractivity contribution in [2.24, 2.45) is 4.99 Å². The van der Waals surface area contributed by atoms with E-state index in [0.29, 0.717) is 17.0 Å². The molecule has 0 saturated carbocycles. The van der Waals surface area contributed by atoms with E-state index in [1.165, 1.54) is 0 Å². The lowest BCUT2D eigenvalue weighted by atomic mass is 10.1. The highest BCUT2D eigenvalue weighted by Gasteiger charge is 2.31. The minimum absolute atomic E-state index is 0.189. The van der Waals surface area contributed by atoms with Gasteiger partial charge in [-0.05, 0) is 17.6 Å². The molecule has 0 N–H and O–H groups in total. The Morgan fingerprint density at radius 2 is 2.00 bits per heavy atom. The van der Waals surface area contributed by atoms with Gasteiger partial charge in [0.2, 0.25) is 11.8 Å². The van der Waals surface area contributed by atoms with E-state index >= 15 is 0 Å². The summed E-state index contributed by atoms with van der Waals surface area (Å²) in [6, 6.07) is 2.06. The second-order valence-corrected chi connectivity index (χ2v) is 8.38. The van der Waals surface area contributed by atoms with Gasteiger partial charge in [0.25, 0.3) is 0 Å². The third-order valence-corrected chi connectivity index (χ3v) is 6.20. The van der Waals surface area contributed by atoms with E-state index < -0.39 is 0 Å². The van der Waals surface area contributed by atoms with Gasteiger partial charge in [-0.15, -0.1) is 4.40 Å². The summed E-state index contributed by atoms with van der Waals surface area (Å²) in [7, 11) is 0. The first kappa shape index (κ1) is 19.6. The van der Waals surface area contributed by atoms with Crippen LogP contribution < -0.4 is 20.4 Å². The van der Waals surface area contributed by atoms with Gasteiger partial charge in [0.1, 0.15) is 5.69 Å². The molecule has 0 atom stereocenters. The van der Waals surface area contributed by atoms with Crippen LogP contribution in [0.15, 0.2) is 40.6 Å². The van der Waals surface area contributed by atoms with Crippen molar-refractivity contribution in [2.45, 2.75) is 39.3 Å². The number of aryl methyl sites for hydroxylation is 2. The SMILES string of the molecule is CCCC[n+]1c2c(c(=O)n3c(C)nnc31)=NC(c1cnn(C3CN(c4ncccn4)C3)c1)=C2. The molecular weight excluding hydrogens is 420 g/mol. The van der Waals surface area contributed by atoms with Crippen molar-refractivity contribution in [2.75, 3.05) is 18.0 Å². The molecular formula is C22H23N10O+. The summed E-state index contributed by atoms with van der Waals surface area (Å²) in [6.45, 7) is 6.27. The molecule has 1 saturated heterocycles. The zero-order valence-electron chi connectivity index (χ0n) is 18.5. The van der Waals surface area contributed by atoms with Gasteiger partial charge >= 0.3 is 11.3 Å². The Hall–Kier alpha value is -4.02. The number of nitrogens with zero attached hydrogens (tertiary/aromatic N) is 10. The number of anilines is 1. The first-order chi connectivity index (χ1) is 16.1. The molecule has 0 unspecified atom stereocenters. The molecule has 0 aliphatic carbocycles. The van der Waals surface area contributed by atoms with Crippen molar-refractivity contribution >= 4 is 23.5 Å². The molecule has 6 heterocycles. The van der Waals surface area contributed by atoms with Crippen molar-refractivity contribution in [1.82, 2.24) is 34.3 Å². The highest BCUT2D eigenvalue weighted by atomic mass is 16.1. The monoisotopic (exact) mass is 443 g/mol. The highest BCUT2D eigenvalue weighted by Crippen LogP contribution is 2.26. The van der Waals surface area contributed by atoms with Crippen molar-refractivity contribution in [3.63, 3.8) is 0 Å². The Bertz CT molecular complexity index is 1500. The van der Waals surface area contributed by atoms with Crippen LogP contribution in [0.4, 0.5) is 5.95 Å². The minimum atomic E-state index is -0.189. The van der Waals surface area contributed by atoms with Crippen LogP contribution in [0, 0.1) is 6.92 Å². The van der Waals surface area contributed by atoms with Crippen molar-refractivity contribution in [3.8, 4) is 0 Å². The third-order valence-electron chi connectivity index (χ3n) is 6.20. The Kier molecular flexibility index (Phi) is 4.49. The smallest absolute Gasteiger partial charge is 0.336 e. The van der Waals surface area contributed by atoms with E-state index in [9.17, 15) is 4.79 Å². The summed E-state index contributed by atoms with van der Waals surface area (Å²) in [6.07, 6.45) is 11.3. The quantitative estimate of drug-likeness (QED) is 0.396. The molecule has 11 nitrogen and oxygen atoms in total. The molecule has 33 heavy (non-hydrogen) atoms. The van der Waals surface area contributed by atoms with Gasteiger partial charge in [-0.2, -0.15) is 5.10 Å². The lowest BCUT2D eigenvalue weighted by molar-refractivity contribution is -0.679. The van der Waals surface area contributed by atoms with Crippen LogP contribution in [0.1, 0.15) is 42.9 Å². The Morgan fingerprint density at radius 1 is 1.18 bits per heavy atom. The zero-order valence-corrected chi connectivity index (χ0v) is 18.5. The van der Waals surface area contributed by atoms with Crippen molar-refractivity contribution < 1.29 is 4.57 Å². The predicted molar refractivity (Wildman–Crippen MR) is 119 cm³/mol. The molecule has 4 aromatic heterocycles. The maximum atomic E-state index is 13.1. The molecule has 166 valence electrons. The molecule has 6 rings (SSSR count). The van der Waals surface area contributed by atoms with Crippen molar-refractivity contribution in [3.05, 3.63) is 63.6 Å². The number of hydrogen-bond donors (Lipinski definition) is 0. The highest BCUT2D eigenvalue weighted by molar-refractivity contribution is 5.81. The van der Waals surface area contributed by atoms with Crippen LogP contribution in [0.25, 0.3) is 17.6 Å². The second-order valence-electron chi connectivity index (χ2n) is 8.38. The summed E-state index contributed by atoms with van der Waals surface area (Å²) in [5, 5.41) is 13.4. The molecule has 2 aliphatic heterocycles. The third kappa shape index (κ3) is 3.11. The zero-order chi connectivity index (χ0) is 22.5. The largest absolute Gasteiger partial charge is 0.431 e. The number of hydrogen-bond acceptors (Lipinski definition) is 8. The molecule has 0 aromatic carbocycles. The maximum absolute atomic E-state index is 13.1. The molecule has 2 aliphatic rings. The van der Waals surface area contributed by atoms with Crippen LogP contribution in [-0.2, 0) is 6.54 Å². The Balaban J connectivity index is 1.31. The van der Waals surface area contributed by atoms with E-state index in [2.05, 4.69) is 37.1 Å². The van der Waals surface area contributed by atoms with E-state index in [0.717, 1.165) is 55.4 Å². The Labute approximate surface area is 188 Å². The van der Waals surface area contributed by atoms with E-state index in [-0.39, 0.29) is 11.6 Å². The fraction of sp³-hybridized carbons (Fsp3) is 0.364. The average Bonchev–Trinajstić information content (AvgIpc) is 3.52. The summed E-state index contributed by atoms with van der Waals surface area (Å²) in [5.74, 6) is 1.86. The fourth-order valence-corrected chi connectivity index (χ4v) is 4.34. The molecule has 0 amide bonds. The molecule has 4 aromatic rings. The molecule has 11 heteroatoms. The molecule has 0 radical (unpaired) electrons. The van der Waals surface area contributed by atoms with Crippen LogP contribution in [0.5, 0.6) is 0 Å². The lowest BCUT2D eigenvalue weighted by Crippen LogP contribution is -2.50. The van der Waals surface area contributed by atoms with Crippen molar-refractivity contribution in [1.29, 1.82) is 0 Å². The van der Waals surface area contributed by atoms with E-state index in [4.69, 9.17) is 4.99 Å². The van der Waals surface area contributed by atoms with Crippen LogP contribution in [-0.4, -0.2) is 47.4 Å². The van der Waals surface area contributed by atoms with E-state index in [1.54, 1.807) is 23.7 Å². The number of rotatable bonds is 6. The molecule has 0 spiro atoms. The summed E-state index contributed by atoms with van der Waals surface area (Å²) >= 11 is 0. The van der Waals surface area contributed by atoms with Gasteiger partial charge in [-0.1, -0.05) is 13.3 Å². The lowest BCUT2D eigenvalue weighted by Gasteiger charge is -2.39. The van der Waals surface area contributed by atoms with Gasteiger partial charge in [0.05, 0.1) is 24.5 Å². The number of aromatic nitrogens is 8. The van der Waals surface area contributed by atoms with Crippen LogP contribution in [0.3, 0.4) is 0 Å². The van der Waals surface area contributed by atoms with Gasteiger partial charge in [-0.3, -0.25) is 4.68 Å². The minimum Gasteiger partial charge on any atom is -0.336 e. The topological polar surface area (TPSA) is 110 Å². The van der Waals surface area contributed by atoms with Crippen LogP contribution >= 0.6 is 0 Å². The van der Waals surface area contributed by atoms with Gasteiger partial charge in [0.15, 0.2) is 5.36 Å². The number of fused-ring (bicyclic) bond motifs is 2. The van der Waals surface area contributed by atoms with Crippen LogP contribution in [0.2, 0.25) is 0 Å². The first-order valence-corrected chi connectivity index (χ1v) is 11.1. The van der Waals surface area contributed by atoms with Gasteiger partial charge in [-0.25, -0.2) is 24.3 Å². The summed E-state index contributed by atoms with van der Waals surface area (Å²) < 4.78 is 5.55. The summed E-state index contributed by atoms with van der Waals surface area (Å²) in [5.41, 5.74) is 2.22. The first-order valence-electron chi connectivity index (χ1n) is 11.1. The molecule has 0 bridgehead atoms.